The van der Waals surface area contributed by atoms with Crippen LogP contribution in [0.1, 0.15) is 50.4 Å². The lowest BCUT2D eigenvalue weighted by Gasteiger charge is -2.09. The Labute approximate surface area is 116 Å². The minimum absolute atomic E-state index is 0.215. The largest absolute Gasteiger partial charge is 0.497 e. The summed E-state index contributed by atoms with van der Waals surface area (Å²) >= 11 is 0. The van der Waals surface area contributed by atoms with Gasteiger partial charge in [0, 0.05) is 12.0 Å². The van der Waals surface area contributed by atoms with E-state index in [2.05, 4.69) is 26.8 Å². The molecule has 0 aliphatic carbocycles. The molecule has 1 atom stereocenters. The van der Waals surface area contributed by atoms with Crippen LogP contribution in [0, 0.1) is 5.92 Å². The first kappa shape index (κ1) is 15.5. The summed E-state index contributed by atoms with van der Waals surface area (Å²) in [6.45, 7) is 6.35. The Morgan fingerprint density at radius 3 is 2.42 bits per heavy atom. The summed E-state index contributed by atoms with van der Waals surface area (Å²) < 4.78 is 5.09. The third-order valence-electron chi connectivity index (χ3n) is 3.16. The van der Waals surface area contributed by atoms with Crippen molar-refractivity contribution in [2.75, 3.05) is 7.11 Å². The van der Waals surface area contributed by atoms with Crippen molar-refractivity contribution < 1.29 is 9.53 Å². The maximum absolute atomic E-state index is 12.1. The Balaban J connectivity index is 2.47. The normalized spacial score (nSPS) is 11.8. The zero-order valence-electron chi connectivity index (χ0n) is 12.4. The number of ether oxygens (including phenoxy) is 1. The molecule has 0 saturated heterocycles. The topological polar surface area (TPSA) is 26.3 Å². The molecule has 1 rings (SSSR count). The number of allylic oxidation sites excluding steroid dienone is 2. The molecule has 2 nitrogen and oxygen atoms in total. The van der Waals surface area contributed by atoms with Crippen LogP contribution >= 0.6 is 0 Å². The number of Topliss-reactive ketones (excluding diaryl/α,β-unsaturated/α-hetero) is 1. The first-order valence-electron chi connectivity index (χ1n) is 6.83. The van der Waals surface area contributed by atoms with Crippen LogP contribution in [0.5, 0.6) is 5.75 Å². The highest BCUT2D eigenvalue weighted by molar-refractivity contribution is 5.96. The van der Waals surface area contributed by atoms with E-state index < -0.39 is 0 Å². The predicted molar refractivity (Wildman–Crippen MR) is 79.8 cm³/mol. The summed E-state index contributed by atoms with van der Waals surface area (Å²) in [5.74, 6) is 1.42. The average Bonchev–Trinajstić information content (AvgIpc) is 2.38. The van der Waals surface area contributed by atoms with Crippen LogP contribution in [0.2, 0.25) is 0 Å². The van der Waals surface area contributed by atoms with Gasteiger partial charge in [0.05, 0.1) is 7.11 Å². The van der Waals surface area contributed by atoms with Crippen LogP contribution < -0.4 is 4.74 Å². The molecule has 0 bridgehead atoms. The molecule has 0 spiro atoms. The molecule has 0 fully saturated rings. The molecule has 1 aromatic rings. The van der Waals surface area contributed by atoms with Crippen molar-refractivity contribution >= 4 is 5.78 Å². The number of carbonyl (C=O) groups is 1. The Hall–Kier alpha value is -1.57. The van der Waals surface area contributed by atoms with E-state index in [0.29, 0.717) is 12.3 Å². The highest BCUT2D eigenvalue weighted by atomic mass is 16.5. The number of carbonyl (C=O) groups excluding carboxylic acids is 1. The van der Waals surface area contributed by atoms with Crippen LogP contribution in [-0.2, 0) is 0 Å². The maximum atomic E-state index is 12.1. The van der Waals surface area contributed by atoms with E-state index in [-0.39, 0.29) is 5.78 Å². The second kappa shape index (κ2) is 7.78. The Kier molecular flexibility index (Phi) is 6.34. The van der Waals surface area contributed by atoms with E-state index in [4.69, 9.17) is 4.74 Å². The van der Waals surface area contributed by atoms with Crippen LogP contribution in [0.25, 0.3) is 0 Å². The molecular weight excluding hydrogens is 236 g/mol. The minimum atomic E-state index is 0.215. The lowest BCUT2D eigenvalue weighted by Crippen LogP contribution is -2.06. The molecule has 0 amide bonds. The molecule has 2 heteroatoms. The van der Waals surface area contributed by atoms with Crippen molar-refractivity contribution in [3.63, 3.8) is 0 Å². The highest BCUT2D eigenvalue weighted by Crippen LogP contribution is 2.17. The fraction of sp³-hybridized carbons (Fsp3) is 0.471. The van der Waals surface area contributed by atoms with E-state index >= 15 is 0 Å². The summed E-state index contributed by atoms with van der Waals surface area (Å²) in [7, 11) is 1.63. The molecule has 0 heterocycles. The van der Waals surface area contributed by atoms with Crippen LogP contribution in [0.4, 0.5) is 0 Å². The molecule has 0 N–H and O–H groups in total. The minimum Gasteiger partial charge on any atom is -0.497 e. The number of hydrogen-bond donors (Lipinski definition) is 0. The van der Waals surface area contributed by atoms with Gasteiger partial charge in [-0.1, -0.05) is 18.6 Å². The van der Waals surface area contributed by atoms with Gasteiger partial charge in [-0.2, -0.15) is 0 Å². The predicted octanol–water partition coefficient (Wildman–Crippen LogP) is 4.65. The second-order valence-electron chi connectivity index (χ2n) is 5.32. The molecular formula is C17H24O2. The van der Waals surface area contributed by atoms with Crippen molar-refractivity contribution in [2.45, 2.75) is 40.0 Å². The smallest absolute Gasteiger partial charge is 0.163 e. The molecule has 0 aromatic heterocycles. The molecule has 0 saturated carbocycles. The van der Waals surface area contributed by atoms with Gasteiger partial charge in [0.15, 0.2) is 5.78 Å². The van der Waals surface area contributed by atoms with Gasteiger partial charge in [-0.3, -0.25) is 4.79 Å². The van der Waals surface area contributed by atoms with Gasteiger partial charge in [-0.15, -0.1) is 0 Å². The van der Waals surface area contributed by atoms with E-state index in [9.17, 15) is 4.79 Å². The van der Waals surface area contributed by atoms with E-state index in [1.54, 1.807) is 7.11 Å². The van der Waals surface area contributed by atoms with Gasteiger partial charge in [-0.05, 0) is 56.9 Å². The summed E-state index contributed by atoms with van der Waals surface area (Å²) in [5, 5.41) is 0. The van der Waals surface area contributed by atoms with E-state index in [1.807, 2.05) is 24.3 Å². The number of rotatable bonds is 7. The molecule has 104 valence electrons. The lowest BCUT2D eigenvalue weighted by atomic mass is 9.95. The zero-order valence-corrected chi connectivity index (χ0v) is 12.4. The van der Waals surface area contributed by atoms with Crippen molar-refractivity contribution in [3.8, 4) is 5.75 Å². The van der Waals surface area contributed by atoms with Gasteiger partial charge >= 0.3 is 0 Å². The number of benzene rings is 1. The molecule has 1 unspecified atom stereocenters. The van der Waals surface area contributed by atoms with E-state index in [1.165, 1.54) is 5.57 Å². The maximum Gasteiger partial charge on any atom is 0.163 e. The standard InChI is InChI=1S/C17H24O2/c1-13(2)6-5-7-14(3)12-17(18)15-8-10-16(19-4)11-9-15/h6,8-11,14H,5,7,12H2,1-4H3. The van der Waals surface area contributed by atoms with Gasteiger partial charge in [0.25, 0.3) is 0 Å². The van der Waals surface area contributed by atoms with E-state index in [0.717, 1.165) is 24.2 Å². The quantitative estimate of drug-likeness (QED) is 0.527. The fourth-order valence-corrected chi connectivity index (χ4v) is 1.97. The summed E-state index contributed by atoms with van der Waals surface area (Å²) in [4.78, 5) is 12.1. The monoisotopic (exact) mass is 260 g/mol. The summed E-state index contributed by atoms with van der Waals surface area (Å²) in [5.41, 5.74) is 2.11. The SMILES string of the molecule is COc1ccc(C(=O)CC(C)CCC=C(C)C)cc1. The van der Waals surface area contributed by atoms with Crippen molar-refractivity contribution in [3.05, 3.63) is 41.5 Å². The first-order chi connectivity index (χ1) is 9.02. The van der Waals surface area contributed by atoms with Gasteiger partial charge in [0.1, 0.15) is 5.75 Å². The van der Waals surface area contributed by atoms with Crippen molar-refractivity contribution in [1.29, 1.82) is 0 Å². The summed E-state index contributed by atoms with van der Waals surface area (Å²) in [6, 6.07) is 7.34. The Bertz CT molecular complexity index is 425. The summed E-state index contributed by atoms with van der Waals surface area (Å²) in [6.07, 6.45) is 4.96. The van der Waals surface area contributed by atoms with Crippen LogP contribution in [-0.4, -0.2) is 12.9 Å². The molecule has 0 aliphatic heterocycles. The Morgan fingerprint density at radius 2 is 1.89 bits per heavy atom. The average molecular weight is 260 g/mol. The Morgan fingerprint density at radius 1 is 1.26 bits per heavy atom. The fourth-order valence-electron chi connectivity index (χ4n) is 1.97. The third-order valence-corrected chi connectivity index (χ3v) is 3.16. The first-order valence-corrected chi connectivity index (χ1v) is 6.83. The van der Waals surface area contributed by atoms with Gasteiger partial charge in [-0.25, -0.2) is 0 Å². The number of hydrogen-bond acceptors (Lipinski definition) is 2. The van der Waals surface area contributed by atoms with Gasteiger partial charge in [0.2, 0.25) is 0 Å². The number of methoxy groups -OCH3 is 1. The highest BCUT2D eigenvalue weighted by Gasteiger charge is 2.10. The third kappa shape index (κ3) is 5.73. The van der Waals surface area contributed by atoms with Crippen molar-refractivity contribution in [1.82, 2.24) is 0 Å². The molecule has 1 aromatic carbocycles. The lowest BCUT2D eigenvalue weighted by molar-refractivity contribution is 0.0963. The molecule has 0 radical (unpaired) electrons. The molecule has 0 aliphatic rings. The second-order valence-corrected chi connectivity index (χ2v) is 5.32. The van der Waals surface area contributed by atoms with Crippen LogP contribution in [0.15, 0.2) is 35.9 Å². The molecule has 19 heavy (non-hydrogen) atoms. The van der Waals surface area contributed by atoms with Gasteiger partial charge < -0.3 is 4.74 Å². The zero-order chi connectivity index (χ0) is 14.3. The number of ketones is 1. The van der Waals surface area contributed by atoms with Crippen molar-refractivity contribution in [2.24, 2.45) is 5.92 Å². The van der Waals surface area contributed by atoms with Crippen LogP contribution in [0.3, 0.4) is 0 Å².